The Morgan fingerprint density at radius 1 is 1.09 bits per heavy atom. The molecule has 1 aromatic heterocycles. The zero-order valence-corrected chi connectivity index (χ0v) is 24.7. The first kappa shape index (κ1) is 30.6. The van der Waals surface area contributed by atoms with E-state index in [1.165, 1.54) is 51.9 Å². The average Bonchev–Trinajstić information content (AvgIpc) is 3.62. The number of aliphatic imine (C=N–C) groups is 1. The molecule has 3 amide bonds. The van der Waals surface area contributed by atoms with Crippen LogP contribution in [0.5, 0.6) is 11.5 Å². The van der Waals surface area contributed by atoms with Crippen LogP contribution in [0.25, 0.3) is 17.1 Å². The molecular formula is C30H27F3N6O4S. The van der Waals surface area contributed by atoms with Gasteiger partial charge in [-0.25, -0.2) is 14.5 Å². The third kappa shape index (κ3) is 7.02. The van der Waals surface area contributed by atoms with Gasteiger partial charge in [0.05, 0.1) is 24.2 Å². The fraction of sp³-hybridized carbons (Fsp3) is 0.233. The third-order valence-corrected chi connectivity index (χ3v) is 7.56. The van der Waals surface area contributed by atoms with Gasteiger partial charge in [-0.05, 0) is 66.4 Å². The summed E-state index contributed by atoms with van der Waals surface area (Å²) in [7, 11) is 1.59. The fourth-order valence-corrected chi connectivity index (χ4v) is 5.44. The number of nitrogens with one attached hydrogen (secondary N) is 1. The first-order valence-corrected chi connectivity index (χ1v) is 14.4. The number of nitrogens with zero attached hydrogens (tertiary/aromatic N) is 5. The van der Waals surface area contributed by atoms with Crippen molar-refractivity contribution >= 4 is 34.6 Å². The monoisotopic (exact) mass is 624 g/mol. The number of ether oxygens (including phenoxy) is 2. The van der Waals surface area contributed by atoms with Crippen LogP contribution in [-0.2, 0) is 17.8 Å². The highest BCUT2D eigenvalue weighted by Crippen LogP contribution is 2.35. The number of hydrogen-bond acceptors (Lipinski definition) is 7. The topological polar surface area (TPSA) is 111 Å². The lowest BCUT2D eigenvalue weighted by molar-refractivity contribution is -0.274. The minimum absolute atomic E-state index is 0.149. The molecule has 1 saturated heterocycles. The molecule has 0 aliphatic carbocycles. The highest BCUT2D eigenvalue weighted by Gasteiger charge is 2.33. The molecule has 1 aliphatic rings. The van der Waals surface area contributed by atoms with E-state index in [-0.39, 0.29) is 24.0 Å². The Balaban J connectivity index is 1.22. The quantitative estimate of drug-likeness (QED) is 0.254. The number of rotatable bonds is 8. The van der Waals surface area contributed by atoms with Gasteiger partial charge >= 0.3 is 12.4 Å². The van der Waals surface area contributed by atoms with Crippen LogP contribution in [0.4, 0.5) is 23.7 Å². The van der Waals surface area contributed by atoms with Crippen LogP contribution in [0.2, 0.25) is 0 Å². The molecular weight excluding hydrogens is 597 g/mol. The van der Waals surface area contributed by atoms with Crippen LogP contribution in [0.3, 0.4) is 0 Å². The normalized spacial score (nSPS) is 14.3. The SMILES string of the molecule is CCc1cc(OC)cc(C)c1N1C(=O)CS/C1=N\C(=O)NCc1ccc(-c2ncn(-c3ccc(OC(F)(F)F)cc3)n2)cc1. The van der Waals surface area contributed by atoms with Gasteiger partial charge in [-0.3, -0.25) is 9.69 Å². The van der Waals surface area contributed by atoms with Crippen molar-refractivity contribution in [2.45, 2.75) is 33.2 Å². The van der Waals surface area contributed by atoms with Crippen LogP contribution < -0.4 is 19.7 Å². The Labute approximate surface area is 254 Å². The second-order valence-electron chi connectivity index (χ2n) is 9.63. The predicted octanol–water partition coefficient (Wildman–Crippen LogP) is 6.06. The van der Waals surface area contributed by atoms with Crippen molar-refractivity contribution in [3.63, 3.8) is 0 Å². The molecule has 44 heavy (non-hydrogen) atoms. The van der Waals surface area contributed by atoms with E-state index in [0.29, 0.717) is 40.1 Å². The molecule has 0 spiro atoms. The largest absolute Gasteiger partial charge is 0.573 e. The number of anilines is 1. The van der Waals surface area contributed by atoms with Gasteiger partial charge in [-0.1, -0.05) is 43.0 Å². The van der Waals surface area contributed by atoms with Gasteiger partial charge in [0.1, 0.15) is 17.8 Å². The van der Waals surface area contributed by atoms with Gasteiger partial charge in [-0.15, -0.1) is 18.3 Å². The zero-order valence-electron chi connectivity index (χ0n) is 23.9. The molecule has 0 saturated carbocycles. The molecule has 4 aromatic rings. The van der Waals surface area contributed by atoms with Crippen molar-refractivity contribution in [2.75, 3.05) is 17.8 Å². The average molecular weight is 625 g/mol. The maximum Gasteiger partial charge on any atom is 0.573 e. The van der Waals surface area contributed by atoms with Crippen LogP contribution in [0, 0.1) is 6.92 Å². The molecule has 14 heteroatoms. The Bertz CT molecular complexity index is 1710. The summed E-state index contributed by atoms with van der Waals surface area (Å²) < 4.78 is 47.9. The van der Waals surface area contributed by atoms with Gasteiger partial charge in [0, 0.05) is 12.1 Å². The number of benzene rings is 3. The molecule has 1 aliphatic heterocycles. The van der Waals surface area contributed by atoms with E-state index in [4.69, 9.17) is 4.74 Å². The number of halogens is 3. The van der Waals surface area contributed by atoms with Crippen molar-refractivity contribution in [2.24, 2.45) is 4.99 Å². The summed E-state index contributed by atoms with van der Waals surface area (Å²) in [5, 5.41) is 7.47. The summed E-state index contributed by atoms with van der Waals surface area (Å²) in [5.41, 5.74) is 4.49. The zero-order chi connectivity index (χ0) is 31.4. The van der Waals surface area contributed by atoms with Crippen molar-refractivity contribution in [1.82, 2.24) is 20.1 Å². The summed E-state index contributed by atoms with van der Waals surface area (Å²) in [5.74, 6) is 0.807. The van der Waals surface area contributed by atoms with Crippen LogP contribution in [0.15, 0.2) is 72.0 Å². The van der Waals surface area contributed by atoms with Crippen LogP contribution in [-0.4, -0.2) is 51.1 Å². The standard InChI is InChI=1S/C30H27F3N6O4S/c1-4-20-14-24(42-3)13-18(2)26(20)39-25(40)16-44-29(39)36-28(41)34-15-19-5-7-21(8-6-19)27-35-17-38(37-27)22-9-11-23(12-10-22)43-30(31,32)33/h5-14,17H,4,15-16H2,1-3H3,(H,34,41)/b36-29-. The molecule has 0 unspecified atom stereocenters. The molecule has 2 heterocycles. The maximum atomic E-state index is 12.8. The first-order chi connectivity index (χ1) is 21.0. The number of carbonyl (C=O) groups is 2. The Kier molecular flexibility index (Phi) is 8.90. The number of methoxy groups -OCH3 is 1. The van der Waals surface area contributed by atoms with Gasteiger partial charge in [0.2, 0.25) is 5.91 Å². The van der Waals surface area contributed by atoms with Gasteiger partial charge in [-0.2, -0.15) is 4.99 Å². The summed E-state index contributed by atoms with van der Waals surface area (Å²) >= 11 is 1.21. The number of thioether (sulfide) groups is 1. The number of carbonyl (C=O) groups excluding carboxylic acids is 2. The van der Waals surface area contributed by atoms with E-state index in [9.17, 15) is 22.8 Å². The molecule has 5 rings (SSSR count). The Morgan fingerprint density at radius 3 is 2.48 bits per heavy atom. The van der Waals surface area contributed by atoms with Crippen molar-refractivity contribution < 1.29 is 32.2 Å². The Morgan fingerprint density at radius 2 is 1.82 bits per heavy atom. The van der Waals surface area contributed by atoms with Gasteiger partial charge in [0.15, 0.2) is 11.0 Å². The fourth-order valence-electron chi connectivity index (χ4n) is 4.58. The van der Waals surface area contributed by atoms with Gasteiger partial charge < -0.3 is 14.8 Å². The van der Waals surface area contributed by atoms with Gasteiger partial charge in [0.25, 0.3) is 0 Å². The van der Waals surface area contributed by atoms with E-state index in [1.807, 2.05) is 26.0 Å². The molecule has 1 fully saturated rings. The number of amides is 3. The van der Waals surface area contributed by atoms with E-state index in [2.05, 4.69) is 25.1 Å². The third-order valence-electron chi connectivity index (χ3n) is 6.64. The summed E-state index contributed by atoms with van der Waals surface area (Å²) in [6, 6.07) is 15.6. The van der Waals surface area contributed by atoms with Crippen molar-refractivity contribution in [3.05, 3.63) is 83.7 Å². The minimum atomic E-state index is -4.77. The van der Waals surface area contributed by atoms with E-state index < -0.39 is 12.4 Å². The van der Waals surface area contributed by atoms with E-state index in [1.54, 1.807) is 31.4 Å². The molecule has 0 bridgehead atoms. The Hall–Kier alpha value is -4.85. The summed E-state index contributed by atoms with van der Waals surface area (Å²) in [6.07, 6.45) is -2.65. The highest BCUT2D eigenvalue weighted by molar-refractivity contribution is 8.15. The number of urea groups is 1. The number of hydrogen-bond donors (Lipinski definition) is 1. The minimum Gasteiger partial charge on any atom is -0.497 e. The molecule has 10 nitrogen and oxygen atoms in total. The molecule has 0 atom stereocenters. The molecule has 228 valence electrons. The van der Waals surface area contributed by atoms with Crippen molar-refractivity contribution in [3.8, 4) is 28.6 Å². The first-order valence-electron chi connectivity index (χ1n) is 13.4. The van der Waals surface area contributed by atoms with E-state index >= 15 is 0 Å². The number of aryl methyl sites for hydroxylation is 2. The number of amidine groups is 1. The lowest BCUT2D eigenvalue weighted by Gasteiger charge is -2.22. The number of aromatic nitrogens is 3. The van der Waals surface area contributed by atoms with E-state index in [0.717, 1.165) is 16.7 Å². The lowest BCUT2D eigenvalue weighted by Crippen LogP contribution is -2.32. The molecule has 3 aromatic carbocycles. The highest BCUT2D eigenvalue weighted by atomic mass is 32.2. The number of alkyl halides is 3. The van der Waals surface area contributed by atoms with Crippen LogP contribution >= 0.6 is 11.8 Å². The second-order valence-corrected chi connectivity index (χ2v) is 10.6. The second kappa shape index (κ2) is 12.8. The molecule has 1 N–H and O–H groups in total. The maximum absolute atomic E-state index is 12.8. The van der Waals surface area contributed by atoms with Crippen LogP contribution in [0.1, 0.15) is 23.6 Å². The molecule has 0 radical (unpaired) electrons. The predicted molar refractivity (Wildman–Crippen MR) is 160 cm³/mol. The summed E-state index contributed by atoms with van der Waals surface area (Å²) in [4.78, 5) is 35.6. The smallest absolute Gasteiger partial charge is 0.497 e. The lowest BCUT2D eigenvalue weighted by atomic mass is 10.0. The van der Waals surface area contributed by atoms with Crippen molar-refractivity contribution in [1.29, 1.82) is 0 Å². The summed E-state index contributed by atoms with van der Waals surface area (Å²) in [6.45, 7) is 4.08.